The Balaban J connectivity index is 2.10. The lowest BCUT2D eigenvalue weighted by Crippen LogP contribution is -2.25. The maximum atomic E-state index is 13.7. The van der Waals surface area contributed by atoms with E-state index in [0.717, 1.165) is 0 Å². The molecule has 124 valence electrons. The van der Waals surface area contributed by atoms with Crippen LogP contribution in [-0.4, -0.2) is 35.2 Å². The second kappa shape index (κ2) is 6.76. The van der Waals surface area contributed by atoms with E-state index in [9.17, 15) is 9.18 Å². The number of carbonyl (C=O) groups excluding carboxylic acids is 1. The molecule has 0 aliphatic carbocycles. The molecule has 1 aromatic heterocycles. The average molecular weight is 321 g/mol. The van der Waals surface area contributed by atoms with Gasteiger partial charge in [0.1, 0.15) is 17.7 Å². The molecule has 0 radical (unpaired) electrons. The second-order valence-electron chi connectivity index (χ2n) is 5.99. The monoisotopic (exact) mass is 321 g/mol. The number of ether oxygens (including phenoxy) is 2. The van der Waals surface area contributed by atoms with Gasteiger partial charge in [-0.2, -0.15) is 0 Å². The molecule has 23 heavy (non-hydrogen) atoms. The number of esters is 1. The molecule has 1 heterocycles. The van der Waals surface area contributed by atoms with E-state index in [-0.39, 0.29) is 18.1 Å². The Labute approximate surface area is 134 Å². The van der Waals surface area contributed by atoms with Crippen LogP contribution in [0.1, 0.15) is 27.2 Å². The number of nitrogens with one attached hydrogen (secondary N) is 1. The van der Waals surface area contributed by atoms with Gasteiger partial charge in [-0.05, 0) is 26.8 Å². The first-order chi connectivity index (χ1) is 10.8. The summed E-state index contributed by atoms with van der Waals surface area (Å²) in [7, 11) is 1.39. The number of halogens is 1. The summed E-state index contributed by atoms with van der Waals surface area (Å²) in [5.74, 6) is -0.162. The van der Waals surface area contributed by atoms with Gasteiger partial charge in [0.25, 0.3) is 0 Å². The van der Waals surface area contributed by atoms with E-state index in [4.69, 9.17) is 9.47 Å². The van der Waals surface area contributed by atoms with Crippen LogP contribution in [-0.2, 0) is 9.53 Å². The lowest BCUT2D eigenvalue weighted by atomic mass is 10.2. The molecule has 7 heteroatoms. The van der Waals surface area contributed by atoms with Gasteiger partial charge in [0.05, 0.1) is 19.0 Å². The standard InChI is InChI=1S/C16H20FN3O3/c1-16(2,3)23-14(21)5-6-18-15-10-7-13(22-4)11(17)8-12(10)19-9-20-15/h7-9H,5-6H2,1-4H3,(H,18,19,20). The minimum atomic E-state index is -0.510. The zero-order chi connectivity index (χ0) is 17.0. The van der Waals surface area contributed by atoms with Crippen LogP contribution in [0.25, 0.3) is 10.9 Å². The third-order valence-corrected chi connectivity index (χ3v) is 2.95. The molecule has 0 saturated heterocycles. The Kier molecular flexibility index (Phi) is 4.98. The van der Waals surface area contributed by atoms with Crippen LogP contribution in [0.5, 0.6) is 5.75 Å². The third-order valence-electron chi connectivity index (χ3n) is 2.95. The SMILES string of the molecule is COc1cc2c(NCCC(=O)OC(C)(C)C)ncnc2cc1F. The van der Waals surface area contributed by atoms with Gasteiger partial charge in [0, 0.05) is 18.0 Å². The van der Waals surface area contributed by atoms with Crippen molar-refractivity contribution in [1.82, 2.24) is 9.97 Å². The Morgan fingerprint density at radius 3 is 2.70 bits per heavy atom. The summed E-state index contributed by atoms with van der Waals surface area (Å²) < 4.78 is 23.9. The second-order valence-corrected chi connectivity index (χ2v) is 5.99. The molecule has 0 fully saturated rings. The smallest absolute Gasteiger partial charge is 0.308 e. The van der Waals surface area contributed by atoms with Gasteiger partial charge >= 0.3 is 5.97 Å². The van der Waals surface area contributed by atoms with Crippen molar-refractivity contribution in [3.05, 3.63) is 24.3 Å². The summed E-state index contributed by atoms with van der Waals surface area (Å²) in [5.41, 5.74) is -0.0538. The van der Waals surface area contributed by atoms with E-state index >= 15 is 0 Å². The van der Waals surface area contributed by atoms with Crippen molar-refractivity contribution in [3.8, 4) is 5.75 Å². The predicted octanol–water partition coefficient (Wildman–Crippen LogP) is 2.92. The van der Waals surface area contributed by atoms with Gasteiger partial charge in [0.2, 0.25) is 0 Å². The molecule has 0 spiro atoms. The Bertz CT molecular complexity index is 714. The van der Waals surface area contributed by atoms with Crippen molar-refractivity contribution >= 4 is 22.7 Å². The molecule has 1 aromatic carbocycles. The predicted molar refractivity (Wildman–Crippen MR) is 85.0 cm³/mol. The van der Waals surface area contributed by atoms with Gasteiger partial charge in [-0.1, -0.05) is 0 Å². The number of benzene rings is 1. The molecule has 2 rings (SSSR count). The molecule has 0 saturated carbocycles. The molecule has 0 amide bonds. The Hall–Kier alpha value is -2.44. The van der Waals surface area contributed by atoms with E-state index in [1.807, 2.05) is 20.8 Å². The van der Waals surface area contributed by atoms with Crippen molar-refractivity contribution in [2.24, 2.45) is 0 Å². The molecular formula is C16H20FN3O3. The van der Waals surface area contributed by atoms with Gasteiger partial charge in [-0.25, -0.2) is 14.4 Å². The molecule has 0 aliphatic heterocycles. The number of carbonyl (C=O) groups is 1. The van der Waals surface area contributed by atoms with Gasteiger partial charge in [-0.3, -0.25) is 4.79 Å². The molecule has 0 bridgehead atoms. The fourth-order valence-corrected chi connectivity index (χ4v) is 2.03. The number of hydrogen-bond donors (Lipinski definition) is 1. The lowest BCUT2D eigenvalue weighted by molar-refractivity contribution is -0.154. The minimum Gasteiger partial charge on any atom is -0.494 e. The topological polar surface area (TPSA) is 73.3 Å². The number of anilines is 1. The highest BCUT2D eigenvalue weighted by atomic mass is 19.1. The number of nitrogens with zero attached hydrogens (tertiary/aromatic N) is 2. The van der Waals surface area contributed by atoms with Crippen LogP contribution in [0.15, 0.2) is 18.5 Å². The van der Waals surface area contributed by atoms with E-state index in [1.54, 1.807) is 0 Å². The third kappa shape index (κ3) is 4.51. The maximum absolute atomic E-state index is 13.7. The van der Waals surface area contributed by atoms with Gasteiger partial charge in [0.15, 0.2) is 11.6 Å². The lowest BCUT2D eigenvalue weighted by Gasteiger charge is -2.19. The molecule has 2 aromatic rings. The number of rotatable bonds is 5. The zero-order valence-corrected chi connectivity index (χ0v) is 13.6. The first-order valence-corrected chi connectivity index (χ1v) is 7.24. The fraction of sp³-hybridized carbons (Fsp3) is 0.438. The Morgan fingerprint density at radius 1 is 1.30 bits per heavy atom. The fourth-order valence-electron chi connectivity index (χ4n) is 2.03. The quantitative estimate of drug-likeness (QED) is 0.854. The van der Waals surface area contributed by atoms with E-state index in [1.165, 1.54) is 25.6 Å². The highest BCUT2D eigenvalue weighted by Crippen LogP contribution is 2.27. The molecule has 0 unspecified atom stereocenters. The summed E-state index contributed by atoms with van der Waals surface area (Å²) in [5, 5.41) is 3.67. The summed E-state index contributed by atoms with van der Waals surface area (Å²) in [6, 6.07) is 2.81. The number of fused-ring (bicyclic) bond motifs is 1. The number of hydrogen-bond acceptors (Lipinski definition) is 6. The first kappa shape index (κ1) is 16.9. The van der Waals surface area contributed by atoms with Crippen molar-refractivity contribution in [3.63, 3.8) is 0 Å². The first-order valence-electron chi connectivity index (χ1n) is 7.24. The van der Waals surface area contributed by atoms with Gasteiger partial charge < -0.3 is 14.8 Å². The summed E-state index contributed by atoms with van der Waals surface area (Å²) in [6.07, 6.45) is 1.53. The summed E-state index contributed by atoms with van der Waals surface area (Å²) in [4.78, 5) is 19.9. The molecule has 0 aliphatic rings. The van der Waals surface area contributed by atoms with Crippen LogP contribution >= 0.6 is 0 Å². The summed E-state index contributed by atoms with van der Waals surface area (Å²) >= 11 is 0. The Morgan fingerprint density at radius 2 is 2.04 bits per heavy atom. The average Bonchev–Trinajstić information content (AvgIpc) is 2.44. The van der Waals surface area contributed by atoms with Crippen LogP contribution in [0.2, 0.25) is 0 Å². The van der Waals surface area contributed by atoms with Crippen LogP contribution < -0.4 is 10.1 Å². The van der Waals surface area contributed by atoms with Crippen LogP contribution in [0.3, 0.4) is 0 Å². The van der Waals surface area contributed by atoms with E-state index in [2.05, 4.69) is 15.3 Å². The van der Waals surface area contributed by atoms with Crippen LogP contribution in [0.4, 0.5) is 10.2 Å². The molecular weight excluding hydrogens is 301 g/mol. The molecule has 6 nitrogen and oxygen atoms in total. The van der Waals surface area contributed by atoms with Crippen molar-refractivity contribution in [2.45, 2.75) is 32.8 Å². The van der Waals surface area contributed by atoms with Crippen molar-refractivity contribution in [2.75, 3.05) is 19.0 Å². The number of methoxy groups -OCH3 is 1. The van der Waals surface area contributed by atoms with Gasteiger partial charge in [-0.15, -0.1) is 0 Å². The molecule has 1 N–H and O–H groups in total. The van der Waals surface area contributed by atoms with Crippen molar-refractivity contribution < 1.29 is 18.7 Å². The highest BCUT2D eigenvalue weighted by Gasteiger charge is 2.16. The van der Waals surface area contributed by atoms with Crippen LogP contribution in [0, 0.1) is 5.82 Å². The molecule has 0 atom stereocenters. The summed E-state index contributed by atoms with van der Waals surface area (Å²) in [6.45, 7) is 5.80. The van der Waals surface area contributed by atoms with E-state index < -0.39 is 11.4 Å². The zero-order valence-electron chi connectivity index (χ0n) is 13.6. The number of aromatic nitrogens is 2. The van der Waals surface area contributed by atoms with Crippen molar-refractivity contribution in [1.29, 1.82) is 0 Å². The largest absolute Gasteiger partial charge is 0.494 e. The maximum Gasteiger partial charge on any atom is 0.308 e. The normalized spacial score (nSPS) is 11.3. The highest BCUT2D eigenvalue weighted by molar-refractivity contribution is 5.90. The minimum absolute atomic E-state index is 0.113. The van der Waals surface area contributed by atoms with E-state index in [0.29, 0.717) is 23.3 Å².